The van der Waals surface area contributed by atoms with Crippen LogP contribution in [-0.4, -0.2) is 21.0 Å². The first kappa shape index (κ1) is 16.4. The van der Waals surface area contributed by atoms with Gasteiger partial charge >= 0.3 is 5.97 Å². The van der Waals surface area contributed by atoms with E-state index in [-0.39, 0.29) is 5.56 Å². The third-order valence-electron chi connectivity index (χ3n) is 3.91. The lowest BCUT2D eigenvalue weighted by molar-refractivity contribution is 0.0697. The molecule has 0 fully saturated rings. The van der Waals surface area contributed by atoms with Crippen molar-refractivity contribution in [2.45, 2.75) is 0 Å². The van der Waals surface area contributed by atoms with Crippen LogP contribution in [0.2, 0.25) is 0 Å². The summed E-state index contributed by atoms with van der Waals surface area (Å²) < 4.78 is 6.80. The van der Waals surface area contributed by atoms with Gasteiger partial charge in [-0.15, -0.1) is 0 Å². The number of aromatic amines is 1. The number of imidazole rings is 1. The lowest BCUT2D eigenvalue weighted by Gasteiger charge is -2.06. The van der Waals surface area contributed by atoms with E-state index in [9.17, 15) is 4.79 Å². The first-order valence-electron chi connectivity index (χ1n) is 7.85. The molecular formula is C20H13BrN2O3. The standard InChI is InChI=1S/C20H13BrN2O3/c21-14-4-8-16(9-5-14)26-15-6-1-12(2-7-15)19-22-17-10-3-13(20(24)25)11-18(17)23-19/h1-11H,(H,22,23)(H,24,25). The molecule has 128 valence electrons. The lowest BCUT2D eigenvalue weighted by atomic mass is 10.2. The maximum absolute atomic E-state index is 11.1. The summed E-state index contributed by atoms with van der Waals surface area (Å²) in [6.45, 7) is 0. The molecule has 0 aliphatic carbocycles. The van der Waals surface area contributed by atoms with Gasteiger partial charge in [0.05, 0.1) is 16.6 Å². The van der Waals surface area contributed by atoms with E-state index in [4.69, 9.17) is 9.84 Å². The zero-order valence-corrected chi connectivity index (χ0v) is 15.0. The second-order valence-electron chi connectivity index (χ2n) is 5.70. The number of carbonyl (C=O) groups is 1. The van der Waals surface area contributed by atoms with Crippen molar-refractivity contribution >= 4 is 32.9 Å². The molecule has 0 bridgehead atoms. The van der Waals surface area contributed by atoms with Crippen LogP contribution in [0.5, 0.6) is 11.5 Å². The number of carboxylic acid groups (broad SMARTS) is 1. The van der Waals surface area contributed by atoms with Gasteiger partial charge in [-0.25, -0.2) is 9.78 Å². The molecule has 0 spiro atoms. The Kier molecular flexibility index (Phi) is 4.18. The van der Waals surface area contributed by atoms with E-state index in [0.29, 0.717) is 11.3 Å². The number of halogens is 1. The van der Waals surface area contributed by atoms with Gasteiger partial charge in [-0.1, -0.05) is 15.9 Å². The molecule has 0 saturated heterocycles. The van der Waals surface area contributed by atoms with Crippen LogP contribution in [-0.2, 0) is 0 Å². The summed E-state index contributed by atoms with van der Waals surface area (Å²) in [4.78, 5) is 18.8. The Balaban J connectivity index is 1.59. The topological polar surface area (TPSA) is 75.2 Å². The Morgan fingerprint density at radius 3 is 2.27 bits per heavy atom. The van der Waals surface area contributed by atoms with E-state index < -0.39 is 5.97 Å². The molecule has 4 aromatic rings. The number of carboxylic acids is 1. The normalized spacial score (nSPS) is 10.8. The summed E-state index contributed by atoms with van der Waals surface area (Å²) in [5.74, 6) is 1.19. The fourth-order valence-corrected chi connectivity index (χ4v) is 2.86. The lowest BCUT2D eigenvalue weighted by Crippen LogP contribution is -1.94. The molecule has 4 rings (SSSR count). The number of aromatic nitrogens is 2. The van der Waals surface area contributed by atoms with E-state index in [2.05, 4.69) is 25.9 Å². The van der Waals surface area contributed by atoms with Crippen molar-refractivity contribution < 1.29 is 14.6 Å². The van der Waals surface area contributed by atoms with Crippen LogP contribution in [0.25, 0.3) is 22.4 Å². The van der Waals surface area contributed by atoms with E-state index in [0.717, 1.165) is 27.1 Å². The van der Waals surface area contributed by atoms with Gasteiger partial charge in [0, 0.05) is 10.0 Å². The minimum atomic E-state index is -0.967. The summed E-state index contributed by atoms with van der Waals surface area (Å²) in [6, 6.07) is 20.0. The van der Waals surface area contributed by atoms with Gasteiger partial charge in [0.1, 0.15) is 17.3 Å². The number of ether oxygens (including phenoxy) is 1. The van der Waals surface area contributed by atoms with Crippen molar-refractivity contribution in [1.82, 2.24) is 9.97 Å². The van der Waals surface area contributed by atoms with Gasteiger partial charge in [-0.3, -0.25) is 0 Å². The highest BCUT2D eigenvalue weighted by molar-refractivity contribution is 9.10. The average molecular weight is 409 g/mol. The number of aromatic carboxylic acids is 1. The summed E-state index contributed by atoms with van der Waals surface area (Å²) >= 11 is 3.39. The molecule has 0 atom stereocenters. The molecule has 0 aliphatic rings. The highest BCUT2D eigenvalue weighted by Crippen LogP contribution is 2.27. The van der Waals surface area contributed by atoms with Crippen LogP contribution in [0.1, 0.15) is 10.4 Å². The van der Waals surface area contributed by atoms with Crippen molar-refractivity contribution in [2.75, 3.05) is 0 Å². The molecule has 0 aliphatic heterocycles. The first-order chi connectivity index (χ1) is 12.6. The number of H-pyrrole nitrogens is 1. The van der Waals surface area contributed by atoms with Crippen molar-refractivity contribution in [3.05, 3.63) is 76.8 Å². The SMILES string of the molecule is O=C(O)c1ccc2[nH]c(-c3ccc(Oc4ccc(Br)cc4)cc3)nc2c1. The number of hydrogen-bond acceptors (Lipinski definition) is 3. The monoisotopic (exact) mass is 408 g/mol. The third kappa shape index (κ3) is 3.32. The van der Waals surface area contributed by atoms with E-state index in [1.54, 1.807) is 18.2 Å². The third-order valence-corrected chi connectivity index (χ3v) is 4.44. The number of rotatable bonds is 4. The number of hydrogen-bond donors (Lipinski definition) is 2. The van der Waals surface area contributed by atoms with Crippen molar-refractivity contribution in [1.29, 1.82) is 0 Å². The van der Waals surface area contributed by atoms with Crippen LogP contribution >= 0.6 is 15.9 Å². The fourth-order valence-electron chi connectivity index (χ4n) is 2.60. The molecule has 26 heavy (non-hydrogen) atoms. The van der Waals surface area contributed by atoms with E-state index in [1.807, 2.05) is 48.5 Å². The van der Waals surface area contributed by atoms with Crippen LogP contribution in [0.15, 0.2) is 71.2 Å². The quantitative estimate of drug-likeness (QED) is 0.468. The largest absolute Gasteiger partial charge is 0.478 e. The number of nitrogens with one attached hydrogen (secondary N) is 1. The summed E-state index contributed by atoms with van der Waals surface area (Å²) in [5, 5.41) is 9.08. The fraction of sp³-hybridized carbons (Fsp3) is 0. The number of fused-ring (bicyclic) bond motifs is 1. The van der Waals surface area contributed by atoms with Gasteiger partial charge < -0.3 is 14.8 Å². The Morgan fingerprint density at radius 2 is 1.62 bits per heavy atom. The van der Waals surface area contributed by atoms with Crippen LogP contribution in [0, 0.1) is 0 Å². The van der Waals surface area contributed by atoms with Gasteiger partial charge in [0.2, 0.25) is 0 Å². The summed E-state index contributed by atoms with van der Waals surface area (Å²) in [7, 11) is 0. The predicted molar refractivity (Wildman–Crippen MR) is 103 cm³/mol. The minimum absolute atomic E-state index is 0.216. The smallest absolute Gasteiger partial charge is 0.335 e. The van der Waals surface area contributed by atoms with Crippen molar-refractivity contribution in [3.63, 3.8) is 0 Å². The highest BCUT2D eigenvalue weighted by atomic mass is 79.9. The average Bonchev–Trinajstić information content (AvgIpc) is 3.07. The molecule has 6 heteroatoms. The summed E-state index contributed by atoms with van der Waals surface area (Å²) in [5.41, 5.74) is 2.52. The molecule has 3 aromatic carbocycles. The maximum atomic E-state index is 11.1. The maximum Gasteiger partial charge on any atom is 0.335 e. The van der Waals surface area contributed by atoms with Gasteiger partial charge in [-0.05, 0) is 66.7 Å². The molecule has 0 radical (unpaired) electrons. The zero-order valence-electron chi connectivity index (χ0n) is 13.4. The molecule has 1 aromatic heterocycles. The molecule has 0 unspecified atom stereocenters. The van der Waals surface area contributed by atoms with Crippen LogP contribution in [0.3, 0.4) is 0 Å². The van der Waals surface area contributed by atoms with Gasteiger partial charge in [-0.2, -0.15) is 0 Å². The molecule has 0 amide bonds. The Bertz CT molecular complexity index is 1090. The van der Waals surface area contributed by atoms with E-state index in [1.165, 1.54) is 0 Å². The molecule has 1 heterocycles. The zero-order chi connectivity index (χ0) is 18.1. The Labute approximate surface area is 157 Å². The Morgan fingerprint density at radius 1 is 0.962 bits per heavy atom. The second-order valence-corrected chi connectivity index (χ2v) is 6.62. The molecule has 5 nitrogen and oxygen atoms in total. The number of benzene rings is 3. The van der Waals surface area contributed by atoms with Gasteiger partial charge in [0.15, 0.2) is 0 Å². The first-order valence-corrected chi connectivity index (χ1v) is 8.65. The van der Waals surface area contributed by atoms with Gasteiger partial charge in [0.25, 0.3) is 0 Å². The predicted octanol–water partition coefficient (Wildman–Crippen LogP) is 5.48. The van der Waals surface area contributed by atoms with Crippen molar-refractivity contribution in [2.24, 2.45) is 0 Å². The Hall–Kier alpha value is -3.12. The summed E-state index contributed by atoms with van der Waals surface area (Å²) in [6.07, 6.45) is 0. The van der Waals surface area contributed by atoms with Crippen LogP contribution < -0.4 is 4.74 Å². The van der Waals surface area contributed by atoms with Crippen molar-refractivity contribution in [3.8, 4) is 22.9 Å². The van der Waals surface area contributed by atoms with Crippen LogP contribution in [0.4, 0.5) is 0 Å². The molecular weight excluding hydrogens is 396 g/mol. The molecule has 2 N–H and O–H groups in total. The number of nitrogens with zero attached hydrogens (tertiary/aromatic N) is 1. The van der Waals surface area contributed by atoms with E-state index >= 15 is 0 Å². The second kappa shape index (κ2) is 6.65. The molecule has 0 saturated carbocycles. The highest BCUT2D eigenvalue weighted by Gasteiger charge is 2.09. The minimum Gasteiger partial charge on any atom is -0.478 e.